The van der Waals surface area contributed by atoms with Crippen LogP contribution in [0.4, 0.5) is 0 Å². The number of nitrogens with one attached hydrogen (secondary N) is 1. The van der Waals surface area contributed by atoms with E-state index in [1.807, 2.05) is 24.8 Å². The standard InChI is InChI=1S/C5H9N3/c1-5-7-3-4-8(5)6-2/h3-4,6H,1-2H3. The number of rotatable bonds is 1. The second-order valence-corrected chi connectivity index (χ2v) is 1.57. The molecule has 0 radical (unpaired) electrons. The Hall–Kier alpha value is -0.990. The molecule has 1 aromatic heterocycles. The number of hydrogen-bond donors (Lipinski definition) is 1. The second-order valence-electron chi connectivity index (χ2n) is 1.57. The first kappa shape index (κ1) is 5.15. The van der Waals surface area contributed by atoms with Gasteiger partial charge in [0.2, 0.25) is 0 Å². The van der Waals surface area contributed by atoms with E-state index in [0.29, 0.717) is 0 Å². The number of hydrogen-bond acceptors (Lipinski definition) is 2. The van der Waals surface area contributed by atoms with Gasteiger partial charge in [0.1, 0.15) is 5.82 Å². The van der Waals surface area contributed by atoms with Crippen molar-refractivity contribution in [3.05, 3.63) is 18.2 Å². The van der Waals surface area contributed by atoms with Crippen molar-refractivity contribution in [3.63, 3.8) is 0 Å². The summed E-state index contributed by atoms with van der Waals surface area (Å²) in [4.78, 5) is 3.99. The highest BCUT2D eigenvalue weighted by Crippen LogP contribution is 1.87. The van der Waals surface area contributed by atoms with Gasteiger partial charge in [-0.1, -0.05) is 0 Å². The fourth-order valence-corrected chi connectivity index (χ4v) is 0.614. The average Bonchev–Trinajstić information content (AvgIpc) is 2.14. The van der Waals surface area contributed by atoms with Crippen molar-refractivity contribution >= 4 is 0 Å². The van der Waals surface area contributed by atoms with Crippen LogP contribution in [0.2, 0.25) is 0 Å². The molecule has 44 valence electrons. The Balaban J connectivity index is 2.92. The van der Waals surface area contributed by atoms with Crippen LogP contribution in [0.1, 0.15) is 5.82 Å². The van der Waals surface area contributed by atoms with Gasteiger partial charge in [0.05, 0.1) is 0 Å². The summed E-state index contributed by atoms with van der Waals surface area (Å²) in [5.41, 5.74) is 2.93. The molecule has 0 aliphatic carbocycles. The van der Waals surface area contributed by atoms with Crippen molar-refractivity contribution in [2.45, 2.75) is 6.92 Å². The maximum atomic E-state index is 3.99. The van der Waals surface area contributed by atoms with Crippen LogP contribution in [0.3, 0.4) is 0 Å². The third-order valence-electron chi connectivity index (χ3n) is 1.07. The van der Waals surface area contributed by atoms with Gasteiger partial charge >= 0.3 is 0 Å². The molecule has 0 bridgehead atoms. The van der Waals surface area contributed by atoms with Crippen LogP contribution in [0.25, 0.3) is 0 Å². The van der Waals surface area contributed by atoms with E-state index in [4.69, 9.17) is 0 Å². The molecule has 1 rings (SSSR count). The van der Waals surface area contributed by atoms with Crippen molar-refractivity contribution in [3.8, 4) is 0 Å². The monoisotopic (exact) mass is 111 g/mol. The Morgan fingerprint density at radius 1 is 1.75 bits per heavy atom. The van der Waals surface area contributed by atoms with Crippen LogP contribution in [0, 0.1) is 6.92 Å². The van der Waals surface area contributed by atoms with E-state index >= 15 is 0 Å². The van der Waals surface area contributed by atoms with Crippen LogP contribution < -0.4 is 5.43 Å². The molecule has 1 heterocycles. The molecular formula is C5H9N3. The normalized spacial score (nSPS) is 9.25. The molecule has 0 aliphatic heterocycles. The average molecular weight is 111 g/mol. The van der Waals surface area contributed by atoms with E-state index in [1.165, 1.54) is 0 Å². The Labute approximate surface area is 48.3 Å². The fraction of sp³-hybridized carbons (Fsp3) is 0.400. The molecular weight excluding hydrogens is 102 g/mol. The highest BCUT2D eigenvalue weighted by atomic mass is 15.4. The van der Waals surface area contributed by atoms with Crippen molar-refractivity contribution in [1.29, 1.82) is 0 Å². The Morgan fingerprint density at radius 3 is 2.75 bits per heavy atom. The third kappa shape index (κ3) is 0.665. The van der Waals surface area contributed by atoms with Crippen LogP contribution in [-0.4, -0.2) is 16.7 Å². The number of aryl methyl sites for hydroxylation is 1. The molecule has 0 saturated carbocycles. The van der Waals surface area contributed by atoms with Gasteiger partial charge in [0.15, 0.2) is 0 Å². The van der Waals surface area contributed by atoms with Gasteiger partial charge in [0, 0.05) is 19.4 Å². The maximum Gasteiger partial charge on any atom is 0.124 e. The summed E-state index contributed by atoms with van der Waals surface area (Å²) in [6, 6.07) is 0. The summed E-state index contributed by atoms with van der Waals surface area (Å²) in [7, 11) is 1.86. The lowest BCUT2D eigenvalue weighted by molar-refractivity contribution is 0.869. The quantitative estimate of drug-likeness (QED) is 0.567. The molecule has 0 atom stereocenters. The molecule has 0 saturated heterocycles. The van der Waals surface area contributed by atoms with Crippen LogP contribution >= 0.6 is 0 Å². The summed E-state index contributed by atoms with van der Waals surface area (Å²) in [5.74, 6) is 0.979. The van der Waals surface area contributed by atoms with Gasteiger partial charge in [-0.3, -0.25) is 4.68 Å². The molecule has 0 aliphatic rings. The van der Waals surface area contributed by atoms with E-state index in [1.54, 1.807) is 6.20 Å². The van der Waals surface area contributed by atoms with Crippen LogP contribution in [0.15, 0.2) is 12.4 Å². The fourth-order valence-electron chi connectivity index (χ4n) is 0.614. The van der Waals surface area contributed by atoms with Gasteiger partial charge in [0.25, 0.3) is 0 Å². The van der Waals surface area contributed by atoms with E-state index < -0.39 is 0 Å². The van der Waals surface area contributed by atoms with E-state index in [0.717, 1.165) is 5.82 Å². The van der Waals surface area contributed by atoms with Crippen LogP contribution in [-0.2, 0) is 0 Å². The van der Waals surface area contributed by atoms with E-state index in [-0.39, 0.29) is 0 Å². The van der Waals surface area contributed by atoms with Gasteiger partial charge in [-0.25, -0.2) is 4.98 Å². The number of aromatic nitrogens is 2. The molecule has 0 aromatic carbocycles. The predicted molar refractivity (Wildman–Crippen MR) is 32.2 cm³/mol. The maximum absolute atomic E-state index is 3.99. The van der Waals surface area contributed by atoms with Crippen molar-refractivity contribution < 1.29 is 0 Å². The lowest BCUT2D eigenvalue weighted by Gasteiger charge is -1.99. The first-order valence-electron chi connectivity index (χ1n) is 2.52. The summed E-state index contributed by atoms with van der Waals surface area (Å²) in [6.45, 7) is 1.94. The van der Waals surface area contributed by atoms with Gasteiger partial charge in [-0.05, 0) is 6.92 Å². The first-order valence-corrected chi connectivity index (χ1v) is 2.52. The molecule has 3 nitrogen and oxygen atoms in total. The van der Waals surface area contributed by atoms with Gasteiger partial charge < -0.3 is 5.43 Å². The highest BCUT2D eigenvalue weighted by molar-refractivity contribution is 4.90. The molecule has 1 aromatic rings. The molecule has 3 heteroatoms. The minimum absolute atomic E-state index is 0.979. The van der Waals surface area contributed by atoms with Crippen molar-refractivity contribution in [2.24, 2.45) is 0 Å². The lowest BCUT2D eigenvalue weighted by atomic mass is 10.7. The van der Waals surface area contributed by atoms with Gasteiger partial charge in [-0.2, -0.15) is 0 Å². The van der Waals surface area contributed by atoms with E-state index in [9.17, 15) is 0 Å². The zero-order valence-corrected chi connectivity index (χ0v) is 5.05. The molecule has 8 heavy (non-hydrogen) atoms. The summed E-state index contributed by atoms with van der Waals surface area (Å²) in [5, 5.41) is 0. The summed E-state index contributed by atoms with van der Waals surface area (Å²) >= 11 is 0. The van der Waals surface area contributed by atoms with E-state index in [2.05, 4.69) is 10.4 Å². The Bertz CT molecular complexity index is 168. The van der Waals surface area contributed by atoms with Crippen molar-refractivity contribution in [1.82, 2.24) is 9.66 Å². The number of imidazole rings is 1. The molecule has 1 N–H and O–H groups in total. The lowest BCUT2D eigenvalue weighted by Crippen LogP contribution is -2.08. The Morgan fingerprint density at radius 2 is 2.50 bits per heavy atom. The highest BCUT2D eigenvalue weighted by Gasteiger charge is 1.87. The minimum Gasteiger partial charge on any atom is -0.328 e. The zero-order valence-electron chi connectivity index (χ0n) is 5.05. The van der Waals surface area contributed by atoms with Crippen LogP contribution in [0.5, 0.6) is 0 Å². The smallest absolute Gasteiger partial charge is 0.124 e. The third-order valence-corrected chi connectivity index (χ3v) is 1.07. The summed E-state index contributed by atoms with van der Waals surface area (Å²) in [6.07, 6.45) is 3.63. The largest absolute Gasteiger partial charge is 0.328 e. The van der Waals surface area contributed by atoms with Crippen molar-refractivity contribution in [2.75, 3.05) is 12.5 Å². The molecule has 0 amide bonds. The minimum atomic E-state index is 0.979. The zero-order chi connectivity index (χ0) is 5.98. The molecule has 0 unspecified atom stereocenters. The number of nitrogens with zero attached hydrogens (tertiary/aromatic N) is 2. The summed E-state index contributed by atoms with van der Waals surface area (Å²) < 4.78 is 1.85. The topological polar surface area (TPSA) is 29.9 Å². The predicted octanol–water partition coefficient (Wildman–Crippen LogP) is 0.365. The Kier molecular flexibility index (Phi) is 1.20. The first-order chi connectivity index (χ1) is 3.84. The molecule has 0 fully saturated rings. The van der Waals surface area contributed by atoms with Gasteiger partial charge in [-0.15, -0.1) is 0 Å². The molecule has 0 spiro atoms. The second kappa shape index (κ2) is 1.86. The SMILES string of the molecule is CNn1ccnc1C.